The summed E-state index contributed by atoms with van der Waals surface area (Å²) in [6, 6.07) is 5.91. The summed E-state index contributed by atoms with van der Waals surface area (Å²) in [7, 11) is 1.64. The Balaban J connectivity index is 1.98. The van der Waals surface area contributed by atoms with Crippen molar-refractivity contribution in [1.82, 2.24) is 0 Å². The van der Waals surface area contributed by atoms with Crippen molar-refractivity contribution in [1.29, 1.82) is 0 Å². The molecule has 1 fully saturated rings. The zero-order valence-corrected chi connectivity index (χ0v) is 12.3. The van der Waals surface area contributed by atoms with Crippen molar-refractivity contribution in [2.24, 2.45) is 5.92 Å². The van der Waals surface area contributed by atoms with Gasteiger partial charge in [-0.3, -0.25) is 0 Å². The lowest BCUT2D eigenvalue weighted by Gasteiger charge is -2.17. The fraction of sp³-hybridized carbons (Fsp3) is 0.571. The van der Waals surface area contributed by atoms with E-state index in [0.29, 0.717) is 13.0 Å². The third kappa shape index (κ3) is 3.25. The second kappa shape index (κ2) is 6.04. The Morgan fingerprint density at radius 1 is 1.56 bits per heavy atom. The van der Waals surface area contributed by atoms with Crippen LogP contribution in [-0.2, 0) is 11.2 Å². The molecule has 1 saturated heterocycles. The van der Waals surface area contributed by atoms with Crippen LogP contribution in [0, 0.1) is 5.92 Å². The monoisotopic (exact) mass is 314 g/mol. The van der Waals surface area contributed by atoms with E-state index in [2.05, 4.69) is 22.9 Å². The summed E-state index contributed by atoms with van der Waals surface area (Å²) in [5, 5.41) is 10.2. The van der Waals surface area contributed by atoms with E-state index in [1.807, 2.05) is 18.2 Å². The van der Waals surface area contributed by atoms with Gasteiger partial charge in [0.25, 0.3) is 0 Å². The smallest absolute Gasteiger partial charge is 0.133 e. The first-order chi connectivity index (χ1) is 8.60. The second-order valence-electron chi connectivity index (χ2n) is 4.88. The maximum Gasteiger partial charge on any atom is 0.133 e. The van der Waals surface area contributed by atoms with Crippen LogP contribution in [0.25, 0.3) is 0 Å². The highest BCUT2D eigenvalue weighted by atomic mass is 79.9. The number of halogens is 1. The highest BCUT2D eigenvalue weighted by Gasteiger charge is 2.28. The minimum atomic E-state index is -0.338. The lowest BCUT2D eigenvalue weighted by Crippen LogP contribution is -2.23. The van der Waals surface area contributed by atoms with E-state index in [-0.39, 0.29) is 18.1 Å². The fourth-order valence-electron chi connectivity index (χ4n) is 2.36. The van der Waals surface area contributed by atoms with Crippen molar-refractivity contribution < 1.29 is 14.6 Å². The quantitative estimate of drug-likeness (QED) is 0.928. The van der Waals surface area contributed by atoms with E-state index in [1.165, 1.54) is 0 Å². The van der Waals surface area contributed by atoms with E-state index in [4.69, 9.17) is 9.47 Å². The molecule has 0 bridgehead atoms. The van der Waals surface area contributed by atoms with Crippen molar-refractivity contribution in [2.75, 3.05) is 13.7 Å². The van der Waals surface area contributed by atoms with E-state index in [1.54, 1.807) is 7.11 Å². The molecule has 3 nitrogen and oxygen atoms in total. The predicted molar refractivity (Wildman–Crippen MR) is 73.9 cm³/mol. The predicted octanol–water partition coefficient (Wildman–Crippen LogP) is 2.79. The Hall–Kier alpha value is -0.580. The van der Waals surface area contributed by atoms with Crippen molar-refractivity contribution in [3.63, 3.8) is 0 Å². The van der Waals surface area contributed by atoms with Gasteiger partial charge in [0.1, 0.15) is 5.75 Å². The summed E-state index contributed by atoms with van der Waals surface area (Å²) in [6.45, 7) is 2.72. The standard InChI is InChI=1S/C14H19BrO3/c1-9-5-11(8-18-9)13(16)7-10-3-4-14(17-2)12(15)6-10/h3-4,6,9,11,13,16H,5,7-8H2,1-2H3. The molecule has 0 aliphatic carbocycles. The number of benzene rings is 1. The number of ether oxygens (including phenoxy) is 2. The van der Waals surface area contributed by atoms with Gasteiger partial charge in [0, 0.05) is 5.92 Å². The lowest BCUT2D eigenvalue weighted by atomic mass is 9.94. The largest absolute Gasteiger partial charge is 0.496 e. The molecule has 2 rings (SSSR count). The summed E-state index contributed by atoms with van der Waals surface area (Å²) in [5.74, 6) is 1.06. The molecule has 1 N–H and O–H groups in total. The minimum absolute atomic E-state index is 0.251. The molecule has 4 heteroatoms. The van der Waals surface area contributed by atoms with E-state index >= 15 is 0 Å². The molecule has 0 spiro atoms. The first-order valence-corrected chi connectivity index (χ1v) is 7.01. The number of aliphatic hydroxyl groups excluding tert-OH is 1. The first-order valence-electron chi connectivity index (χ1n) is 6.22. The SMILES string of the molecule is COc1ccc(CC(O)C2COC(C)C2)cc1Br. The fourth-order valence-corrected chi connectivity index (χ4v) is 2.95. The molecule has 100 valence electrons. The number of aliphatic hydroxyl groups is 1. The van der Waals surface area contributed by atoms with Gasteiger partial charge < -0.3 is 14.6 Å². The molecule has 1 aromatic carbocycles. The van der Waals surface area contributed by atoms with Gasteiger partial charge in [0.05, 0.1) is 30.4 Å². The summed E-state index contributed by atoms with van der Waals surface area (Å²) < 4.78 is 11.6. The van der Waals surface area contributed by atoms with Crippen LogP contribution in [-0.4, -0.2) is 31.0 Å². The molecule has 1 aliphatic heterocycles. The normalized spacial score (nSPS) is 25.1. The Morgan fingerprint density at radius 2 is 2.33 bits per heavy atom. The Kier molecular flexibility index (Phi) is 4.65. The third-order valence-corrected chi connectivity index (χ3v) is 4.05. The van der Waals surface area contributed by atoms with Crippen LogP contribution >= 0.6 is 15.9 Å². The molecule has 18 heavy (non-hydrogen) atoms. The van der Waals surface area contributed by atoms with Gasteiger partial charge in [-0.15, -0.1) is 0 Å². The van der Waals surface area contributed by atoms with Crippen LogP contribution in [0.1, 0.15) is 18.9 Å². The molecule has 3 unspecified atom stereocenters. The van der Waals surface area contributed by atoms with Gasteiger partial charge in [-0.05, 0) is 53.4 Å². The maximum absolute atomic E-state index is 10.2. The molecule has 3 atom stereocenters. The minimum Gasteiger partial charge on any atom is -0.496 e. The molecule has 1 aliphatic rings. The Labute approximate surface area is 116 Å². The van der Waals surface area contributed by atoms with Gasteiger partial charge >= 0.3 is 0 Å². The van der Waals surface area contributed by atoms with Gasteiger partial charge in [-0.25, -0.2) is 0 Å². The van der Waals surface area contributed by atoms with Crippen LogP contribution < -0.4 is 4.74 Å². The van der Waals surface area contributed by atoms with Crippen LogP contribution in [0.15, 0.2) is 22.7 Å². The molecular weight excluding hydrogens is 296 g/mol. The van der Waals surface area contributed by atoms with E-state index < -0.39 is 0 Å². The zero-order chi connectivity index (χ0) is 13.1. The van der Waals surface area contributed by atoms with Crippen LogP contribution in [0.4, 0.5) is 0 Å². The number of hydrogen-bond donors (Lipinski definition) is 1. The topological polar surface area (TPSA) is 38.7 Å². The summed E-state index contributed by atoms with van der Waals surface area (Å²) in [6.07, 6.45) is 1.53. The zero-order valence-electron chi connectivity index (χ0n) is 10.7. The molecule has 0 aromatic heterocycles. The molecular formula is C14H19BrO3. The van der Waals surface area contributed by atoms with Crippen LogP contribution in [0.3, 0.4) is 0 Å². The van der Waals surface area contributed by atoms with E-state index in [9.17, 15) is 5.11 Å². The molecule has 0 radical (unpaired) electrons. The number of methoxy groups -OCH3 is 1. The molecule has 0 amide bonds. The maximum atomic E-state index is 10.2. The summed E-state index contributed by atoms with van der Waals surface area (Å²) in [4.78, 5) is 0. The van der Waals surface area contributed by atoms with Crippen molar-refractivity contribution in [2.45, 2.75) is 32.0 Å². The second-order valence-corrected chi connectivity index (χ2v) is 5.73. The Bertz CT molecular complexity index is 408. The van der Waals surface area contributed by atoms with Crippen LogP contribution in [0.2, 0.25) is 0 Å². The molecule has 1 heterocycles. The highest BCUT2D eigenvalue weighted by Crippen LogP contribution is 2.28. The summed E-state index contributed by atoms with van der Waals surface area (Å²) in [5.41, 5.74) is 1.11. The van der Waals surface area contributed by atoms with Gasteiger partial charge in [0.2, 0.25) is 0 Å². The van der Waals surface area contributed by atoms with Gasteiger partial charge in [-0.1, -0.05) is 6.07 Å². The highest BCUT2D eigenvalue weighted by molar-refractivity contribution is 9.10. The molecule has 0 saturated carbocycles. The average molecular weight is 315 g/mol. The van der Waals surface area contributed by atoms with E-state index in [0.717, 1.165) is 22.2 Å². The Morgan fingerprint density at radius 3 is 2.89 bits per heavy atom. The number of rotatable bonds is 4. The van der Waals surface area contributed by atoms with Gasteiger partial charge in [-0.2, -0.15) is 0 Å². The van der Waals surface area contributed by atoms with Crippen molar-refractivity contribution >= 4 is 15.9 Å². The summed E-state index contributed by atoms with van der Waals surface area (Å²) >= 11 is 3.46. The van der Waals surface area contributed by atoms with Crippen LogP contribution in [0.5, 0.6) is 5.75 Å². The van der Waals surface area contributed by atoms with Crippen molar-refractivity contribution in [3.8, 4) is 5.75 Å². The van der Waals surface area contributed by atoms with Crippen molar-refractivity contribution in [3.05, 3.63) is 28.2 Å². The first kappa shape index (κ1) is 13.8. The average Bonchev–Trinajstić information content (AvgIpc) is 2.76. The number of hydrogen-bond acceptors (Lipinski definition) is 3. The molecule has 1 aromatic rings. The third-order valence-electron chi connectivity index (χ3n) is 3.43. The van der Waals surface area contributed by atoms with Gasteiger partial charge in [0.15, 0.2) is 0 Å². The lowest BCUT2D eigenvalue weighted by molar-refractivity contribution is 0.0807.